The lowest BCUT2D eigenvalue weighted by molar-refractivity contribution is 0.0946. The van der Waals surface area contributed by atoms with Gasteiger partial charge < -0.3 is 5.32 Å². The van der Waals surface area contributed by atoms with Gasteiger partial charge in [0.15, 0.2) is 0 Å². The van der Waals surface area contributed by atoms with Crippen molar-refractivity contribution in [3.63, 3.8) is 0 Å². The van der Waals surface area contributed by atoms with Crippen LogP contribution in [-0.2, 0) is 9.05 Å². The van der Waals surface area contributed by atoms with Crippen LogP contribution in [0.4, 0.5) is 0 Å². The highest BCUT2D eigenvalue weighted by Gasteiger charge is 2.46. The highest BCUT2D eigenvalue weighted by Crippen LogP contribution is 2.44. The Labute approximate surface area is 117 Å². The number of hydrogen-bond acceptors (Lipinski definition) is 3. The van der Waals surface area contributed by atoms with E-state index in [-0.39, 0.29) is 22.3 Å². The normalized spacial score (nSPS) is 20.9. The summed E-state index contributed by atoms with van der Waals surface area (Å²) in [5.41, 5.74) is 1.13. The van der Waals surface area contributed by atoms with E-state index >= 15 is 0 Å². The molecule has 1 amide bonds. The van der Waals surface area contributed by atoms with Crippen LogP contribution in [-0.4, -0.2) is 20.4 Å². The molecule has 0 bridgehead atoms. The zero-order valence-corrected chi connectivity index (χ0v) is 12.6. The van der Waals surface area contributed by atoms with Crippen LogP contribution < -0.4 is 5.32 Å². The molecule has 1 fully saturated rings. The molecule has 0 radical (unpaired) electrons. The third-order valence-corrected chi connectivity index (χ3v) is 4.75. The lowest BCUT2D eigenvalue weighted by atomic mass is 10.1. The Hall–Kier alpha value is -1.07. The van der Waals surface area contributed by atoms with Crippen molar-refractivity contribution >= 4 is 25.6 Å². The Morgan fingerprint density at radius 3 is 2.42 bits per heavy atom. The molecule has 1 N–H and O–H groups in total. The SMILES string of the molecule is Cc1cc(C(=O)NC2CC2(C)C)cc(S(=O)(=O)Cl)c1. The third-order valence-electron chi connectivity index (χ3n) is 3.41. The van der Waals surface area contributed by atoms with E-state index in [9.17, 15) is 13.2 Å². The van der Waals surface area contributed by atoms with Gasteiger partial charge in [-0.3, -0.25) is 4.79 Å². The van der Waals surface area contributed by atoms with E-state index in [1.165, 1.54) is 12.1 Å². The van der Waals surface area contributed by atoms with Gasteiger partial charge in [-0.25, -0.2) is 8.42 Å². The van der Waals surface area contributed by atoms with Gasteiger partial charge in [0.2, 0.25) is 0 Å². The zero-order chi connectivity index (χ0) is 14.4. The van der Waals surface area contributed by atoms with E-state index in [1.54, 1.807) is 13.0 Å². The van der Waals surface area contributed by atoms with Gasteiger partial charge in [-0.05, 0) is 42.5 Å². The Bertz CT molecular complexity index is 637. The summed E-state index contributed by atoms with van der Waals surface area (Å²) < 4.78 is 22.7. The van der Waals surface area contributed by atoms with Gasteiger partial charge in [0, 0.05) is 22.3 Å². The van der Waals surface area contributed by atoms with Gasteiger partial charge in [0.05, 0.1) is 4.90 Å². The lowest BCUT2D eigenvalue weighted by Gasteiger charge is -2.08. The van der Waals surface area contributed by atoms with Gasteiger partial charge in [-0.2, -0.15) is 0 Å². The number of halogens is 1. The first kappa shape index (κ1) is 14.3. The number of hydrogen-bond donors (Lipinski definition) is 1. The van der Waals surface area contributed by atoms with Crippen LogP contribution in [0.25, 0.3) is 0 Å². The highest BCUT2D eigenvalue weighted by atomic mass is 35.7. The molecule has 1 atom stereocenters. The minimum atomic E-state index is -3.82. The van der Waals surface area contributed by atoms with Gasteiger partial charge in [-0.1, -0.05) is 13.8 Å². The first-order chi connectivity index (χ1) is 8.59. The summed E-state index contributed by atoms with van der Waals surface area (Å²) in [7, 11) is 1.49. The molecule has 1 aromatic carbocycles. The molecule has 0 saturated heterocycles. The van der Waals surface area contributed by atoms with Gasteiger partial charge >= 0.3 is 0 Å². The lowest BCUT2D eigenvalue weighted by Crippen LogP contribution is -2.28. The summed E-state index contributed by atoms with van der Waals surface area (Å²) in [5.74, 6) is -0.263. The second-order valence-electron chi connectivity index (χ2n) is 5.69. The van der Waals surface area contributed by atoms with E-state index in [1.807, 2.05) is 0 Å². The zero-order valence-electron chi connectivity index (χ0n) is 11.0. The van der Waals surface area contributed by atoms with Crippen LogP contribution in [0.1, 0.15) is 36.2 Å². The van der Waals surface area contributed by atoms with Gasteiger partial charge in [-0.15, -0.1) is 0 Å². The fourth-order valence-corrected chi connectivity index (χ4v) is 2.84. The summed E-state index contributed by atoms with van der Waals surface area (Å²) in [5, 5.41) is 2.89. The fraction of sp³-hybridized carbons (Fsp3) is 0.462. The summed E-state index contributed by atoms with van der Waals surface area (Å²) >= 11 is 0. The van der Waals surface area contributed by atoms with Gasteiger partial charge in [0.25, 0.3) is 15.0 Å². The average molecular weight is 302 g/mol. The van der Waals surface area contributed by atoms with Gasteiger partial charge in [0.1, 0.15) is 0 Å². The van der Waals surface area contributed by atoms with E-state index < -0.39 is 9.05 Å². The summed E-state index contributed by atoms with van der Waals surface area (Å²) in [4.78, 5) is 12.0. The molecule has 4 nitrogen and oxygen atoms in total. The number of nitrogens with one attached hydrogen (secondary N) is 1. The Balaban J connectivity index is 2.25. The van der Waals surface area contributed by atoms with Crippen LogP contribution in [0.2, 0.25) is 0 Å². The molecule has 1 aromatic rings. The second kappa shape index (κ2) is 4.49. The van der Waals surface area contributed by atoms with E-state index in [2.05, 4.69) is 19.2 Å². The topological polar surface area (TPSA) is 63.2 Å². The van der Waals surface area contributed by atoms with Crippen LogP contribution in [0.15, 0.2) is 23.1 Å². The standard InChI is InChI=1S/C13H16ClNO3S/c1-8-4-9(6-10(5-8)19(14,17)18)12(16)15-11-7-13(11,2)3/h4-6,11H,7H2,1-3H3,(H,15,16). The predicted octanol–water partition coefficient (Wildman–Crippen LogP) is 2.45. The second-order valence-corrected chi connectivity index (χ2v) is 8.26. The van der Waals surface area contributed by atoms with E-state index in [0.29, 0.717) is 11.1 Å². The maximum atomic E-state index is 12.1. The molecule has 2 rings (SSSR count). The highest BCUT2D eigenvalue weighted by molar-refractivity contribution is 8.13. The number of carbonyl (C=O) groups excluding carboxylic acids is 1. The van der Waals surface area contributed by atoms with Crippen molar-refractivity contribution in [3.8, 4) is 0 Å². The predicted molar refractivity (Wildman–Crippen MR) is 73.9 cm³/mol. The molecule has 1 aliphatic carbocycles. The minimum absolute atomic E-state index is 0.0469. The van der Waals surface area contributed by atoms with Crippen molar-refractivity contribution in [2.75, 3.05) is 0 Å². The minimum Gasteiger partial charge on any atom is -0.349 e. The molecule has 0 spiro atoms. The average Bonchev–Trinajstić information content (AvgIpc) is 2.83. The number of amides is 1. The molecule has 6 heteroatoms. The molecular formula is C13H16ClNO3S. The number of carbonyl (C=O) groups is 1. The first-order valence-corrected chi connectivity index (χ1v) is 8.28. The van der Waals surface area contributed by atoms with Crippen molar-refractivity contribution in [1.29, 1.82) is 0 Å². The van der Waals surface area contributed by atoms with Crippen molar-refractivity contribution in [3.05, 3.63) is 29.3 Å². The molecule has 0 aromatic heterocycles. The van der Waals surface area contributed by atoms with Crippen molar-refractivity contribution < 1.29 is 13.2 Å². The van der Waals surface area contributed by atoms with Crippen molar-refractivity contribution in [1.82, 2.24) is 5.32 Å². The fourth-order valence-electron chi connectivity index (χ4n) is 1.97. The third kappa shape index (κ3) is 3.28. The van der Waals surface area contributed by atoms with Crippen LogP contribution in [0.3, 0.4) is 0 Å². The summed E-state index contributed by atoms with van der Waals surface area (Å²) in [6.07, 6.45) is 0.936. The molecule has 1 unspecified atom stereocenters. The summed E-state index contributed by atoms with van der Waals surface area (Å²) in [6.45, 7) is 5.87. The molecule has 0 heterocycles. The van der Waals surface area contributed by atoms with Crippen molar-refractivity contribution in [2.45, 2.75) is 38.1 Å². The monoisotopic (exact) mass is 301 g/mol. The van der Waals surface area contributed by atoms with Crippen LogP contribution in [0.5, 0.6) is 0 Å². The molecule has 0 aliphatic heterocycles. The Kier molecular flexibility index (Phi) is 3.39. The smallest absolute Gasteiger partial charge is 0.261 e. The molecule has 1 saturated carbocycles. The number of aryl methyl sites for hydroxylation is 1. The molecule has 1 aliphatic rings. The number of benzene rings is 1. The molecule has 19 heavy (non-hydrogen) atoms. The van der Waals surface area contributed by atoms with E-state index in [4.69, 9.17) is 10.7 Å². The first-order valence-electron chi connectivity index (χ1n) is 5.97. The van der Waals surface area contributed by atoms with Crippen LogP contribution >= 0.6 is 10.7 Å². The van der Waals surface area contributed by atoms with Crippen molar-refractivity contribution in [2.24, 2.45) is 5.41 Å². The maximum Gasteiger partial charge on any atom is 0.261 e. The molecule has 104 valence electrons. The van der Waals surface area contributed by atoms with E-state index in [0.717, 1.165) is 6.42 Å². The summed E-state index contributed by atoms with van der Waals surface area (Å²) in [6, 6.07) is 4.55. The number of rotatable bonds is 3. The molecular weight excluding hydrogens is 286 g/mol. The Morgan fingerprint density at radius 2 is 1.95 bits per heavy atom. The Morgan fingerprint density at radius 1 is 1.37 bits per heavy atom. The quantitative estimate of drug-likeness (QED) is 0.872. The van der Waals surface area contributed by atoms with Crippen LogP contribution in [0, 0.1) is 12.3 Å². The largest absolute Gasteiger partial charge is 0.349 e. The maximum absolute atomic E-state index is 12.1.